The first-order chi connectivity index (χ1) is 18.2. The molecule has 0 radical (unpaired) electrons. The lowest BCUT2D eigenvalue weighted by molar-refractivity contribution is 0.417. The second-order valence-corrected chi connectivity index (χ2v) is 11.4. The highest BCUT2D eigenvalue weighted by Gasteiger charge is 2.42. The molecule has 0 saturated carbocycles. The smallest absolute Gasteiger partial charge is 0.229 e. The Balaban J connectivity index is 1.62. The molecule has 0 amide bonds. The van der Waals surface area contributed by atoms with Gasteiger partial charge >= 0.3 is 0 Å². The maximum Gasteiger partial charge on any atom is 0.229 e. The molecule has 0 spiro atoms. The van der Waals surface area contributed by atoms with E-state index in [1.165, 1.54) is 7.11 Å². The molecule has 1 saturated heterocycles. The zero-order valence-electron chi connectivity index (χ0n) is 21.5. The number of rotatable bonds is 8. The summed E-state index contributed by atoms with van der Waals surface area (Å²) in [5, 5.41) is 4.01. The van der Waals surface area contributed by atoms with Crippen LogP contribution in [-0.2, 0) is 16.6 Å². The summed E-state index contributed by atoms with van der Waals surface area (Å²) in [5.41, 5.74) is 5.25. The lowest BCUT2D eigenvalue weighted by atomic mass is 9.96. The first-order valence-corrected chi connectivity index (χ1v) is 14.3. The van der Waals surface area contributed by atoms with Crippen molar-refractivity contribution in [2.75, 3.05) is 23.0 Å². The number of nitrogens with zero attached hydrogens (tertiary/aromatic N) is 3. The molecule has 2 N–H and O–H groups in total. The van der Waals surface area contributed by atoms with Crippen molar-refractivity contribution in [3.63, 3.8) is 0 Å². The van der Waals surface area contributed by atoms with Gasteiger partial charge in [-0.25, -0.2) is 8.42 Å². The Morgan fingerprint density at radius 1 is 1.16 bits per heavy atom. The van der Waals surface area contributed by atoms with Gasteiger partial charge in [-0.2, -0.15) is 0 Å². The van der Waals surface area contributed by atoms with Gasteiger partial charge in [0.15, 0.2) is 5.11 Å². The molecule has 9 nitrogen and oxygen atoms in total. The molecule has 1 aliphatic heterocycles. The van der Waals surface area contributed by atoms with Gasteiger partial charge in [0.2, 0.25) is 10.0 Å². The van der Waals surface area contributed by atoms with Crippen LogP contribution in [0.3, 0.4) is 0 Å². The Kier molecular flexibility index (Phi) is 6.89. The van der Waals surface area contributed by atoms with Crippen LogP contribution in [0.4, 0.5) is 11.4 Å². The normalized spacial score (nSPS) is 17.5. The average Bonchev–Trinajstić information content (AvgIpc) is 3.59. The molecule has 2 atom stereocenters. The second-order valence-electron chi connectivity index (χ2n) is 9.25. The summed E-state index contributed by atoms with van der Waals surface area (Å²) in [6.45, 7) is 4.79. The zero-order chi connectivity index (χ0) is 27.0. The van der Waals surface area contributed by atoms with Crippen LogP contribution in [0.1, 0.15) is 40.5 Å². The fraction of sp³-hybridized carbons (Fsp3) is 0.259. The van der Waals surface area contributed by atoms with Crippen molar-refractivity contribution >= 4 is 38.7 Å². The third-order valence-corrected chi connectivity index (χ3v) is 7.59. The number of sulfonamides is 1. The van der Waals surface area contributed by atoms with E-state index in [0.717, 1.165) is 40.3 Å². The minimum Gasteiger partial charge on any atom is -0.494 e. The molecule has 1 fully saturated rings. The number of aryl methyl sites for hydroxylation is 1. The summed E-state index contributed by atoms with van der Waals surface area (Å²) in [4.78, 5) is 6.68. The predicted molar refractivity (Wildman–Crippen MR) is 151 cm³/mol. The number of hydrogen-bond acceptors (Lipinski definition) is 6. The van der Waals surface area contributed by atoms with E-state index >= 15 is 0 Å². The Hall–Kier alpha value is -3.83. The third-order valence-electron chi connectivity index (χ3n) is 6.68. The third kappa shape index (κ3) is 4.99. The fourth-order valence-electron chi connectivity index (χ4n) is 4.99. The Morgan fingerprint density at radius 3 is 2.63 bits per heavy atom. The number of methoxy groups -OCH3 is 1. The molecule has 1 aromatic carbocycles. The maximum atomic E-state index is 11.9. The molecular formula is C27H29N5O4S2. The van der Waals surface area contributed by atoms with E-state index in [1.807, 2.05) is 41.3 Å². The molecule has 0 unspecified atom stereocenters. The maximum absolute atomic E-state index is 11.9. The molecule has 38 heavy (non-hydrogen) atoms. The highest BCUT2D eigenvalue weighted by atomic mass is 32.2. The monoisotopic (exact) mass is 551 g/mol. The number of hydrogen-bond donors (Lipinski definition) is 2. The summed E-state index contributed by atoms with van der Waals surface area (Å²) < 4.78 is 39.6. The number of thiocarbonyl (C=S) groups is 1. The topological polar surface area (TPSA) is 102 Å². The van der Waals surface area contributed by atoms with Gasteiger partial charge in [-0.1, -0.05) is 6.07 Å². The van der Waals surface area contributed by atoms with Crippen LogP contribution in [0.15, 0.2) is 71.5 Å². The highest BCUT2D eigenvalue weighted by Crippen LogP contribution is 2.44. The van der Waals surface area contributed by atoms with Crippen LogP contribution in [0.2, 0.25) is 0 Å². The molecule has 4 heterocycles. The van der Waals surface area contributed by atoms with Gasteiger partial charge in [-0.15, -0.1) is 0 Å². The van der Waals surface area contributed by atoms with Crippen molar-refractivity contribution in [1.82, 2.24) is 14.9 Å². The minimum absolute atomic E-state index is 0.221. The van der Waals surface area contributed by atoms with Crippen molar-refractivity contribution in [3.8, 4) is 5.75 Å². The van der Waals surface area contributed by atoms with Gasteiger partial charge in [0.1, 0.15) is 11.5 Å². The SMILES string of the molecule is COc1cc(N2C(=S)N[C@@H](c3ccccn3)[C@@H]2c2cc(C)n(Cc3ccco3)c2C)ccc1NS(C)(=O)=O. The van der Waals surface area contributed by atoms with Crippen LogP contribution in [0.5, 0.6) is 5.75 Å². The molecule has 5 rings (SSSR count). The largest absolute Gasteiger partial charge is 0.494 e. The number of ether oxygens (including phenoxy) is 1. The van der Waals surface area contributed by atoms with Crippen LogP contribution < -0.4 is 19.7 Å². The minimum atomic E-state index is -3.48. The molecule has 1 aliphatic rings. The molecule has 0 bridgehead atoms. The Labute approximate surface area is 227 Å². The lowest BCUT2D eigenvalue weighted by Crippen LogP contribution is -2.29. The number of furan rings is 1. The number of benzene rings is 1. The quantitative estimate of drug-likeness (QED) is 0.304. The van der Waals surface area contributed by atoms with E-state index < -0.39 is 10.0 Å². The zero-order valence-corrected chi connectivity index (χ0v) is 23.1. The van der Waals surface area contributed by atoms with Crippen molar-refractivity contribution in [2.24, 2.45) is 0 Å². The van der Waals surface area contributed by atoms with Gasteiger partial charge in [0.25, 0.3) is 0 Å². The van der Waals surface area contributed by atoms with E-state index in [1.54, 1.807) is 24.6 Å². The van der Waals surface area contributed by atoms with Gasteiger partial charge in [-0.05, 0) is 74.1 Å². The molecule has 198 valence electrons. The highest BCUT2D eigenvalue weighted by molar-refractivity contribution is 7.92. The fourth-order valence-corrected chi connectivity index (χ4v) is 5.91. The van der Waals surface area contributed by atoms with Crippen LogP contribution in [-0.4, -0.2) is 36.4 Å². The lowest BCUT2D eigenvalue weighted by Gasteiger charge is -2.29. The first-order valence-electron chi connectivity index (χ1n) is 12.0. The Bertz CT molecular complexity index is 1570. The summed E-state index contributed by atoms with van der Waals surface area (Å²) in [6.07, 6.45) is 4.55. The molecule has 11 heteroatoms. The number of anilines is 2. The predicted octanol–water partition coefficient (Wildman–Crippen LogP) is 4.70. The number of aromatic nitrogens is 2. The summed E-state index contributed by atoms with van der Waals surface area (Å²) in [6, 6.07) is 16.7. The van der Waals surface area contributed by atoms with Crippen molar-refractivity contribution < 1.29 is 17.6 Å². The summed E-state index contributed by atoms with van der Waals surface area (Å²) in [5.74, 6) is 1.26. The van der Waals surface area contributed by atoms with Crippen molar-refractivity contribution in [2.45, 2.75) is 32.5 Å². The first kappa shape index (κ1) is 25.8. The van der Waals surface area contributed by atoms with E-state index in [9.17, 15) is 8.42 Å². The number of nitrogens with one attached hydrogen (secondary N) is 2. The Morgan fingerprint density at radius 2 is 1.97 bits per heavy atom. The number of pyridine rings is 1. The van der Waals surface area contributed by atoms with Gasteiger partial charge < -0.3 is 23.9 Å². The van der Waals surface area contributed by atoms with Crippen LogP contribution in [0, 0.1) is 13.8 Å². The van der Waals surface area contributed by atoms with Crippen LogP contribution in [0.25, 0.3) is 0 Å². The average molecular weight is 552 g/mol. The molecule has 4 aromatic rings. The van der Waals surface area contributed by atoms with Crippen molar-refractivity contribution in [1.29, 1.82) is 0 Å². The molecular weight excluding hydrogens is 522 g/mol. The van der Waals surface area contributed by atoms with E-state index in [4.69, 9.17) is 21.4 Å². The van der Waals surface area contributed by atoms with E-state index in [0.29, 0.717) is 23.1 Å². The molecule has 0 aliphatic carbocycles. The standard InChI is InChI=1S/C27H29N5O4S2/c1-17-14-21(18(2)31(17)16-20-8-7-13-36-20)26-25(23-9-5-6-12-28-23)29-27(37)32(26)19-10-11-22(24(15-19)35-3)30-38(4,33)34/h5-15,25-26,30H,16H2,1-4H3,(H,29,37)/t25-,26-/m0/s1. The van der Waals surface area contributed by atoms with Gasteiger partial charge in [0.05, 0.1) is 49.6 Å². The van der Waals surface area contributed by atoms with Crippen LogP contribution >= 0.6 is 12.2 Å². The summed E-state index contributed by atoms with van der Waals surface area (Å²) >= 11 is 5.87. The second kappa shape index (κ2) is 10.1. The van der Waals surface area contributed by atoms with Crippen molar-refractivity contribution in [3.05, 3.63) is 95.5 Å². The summed E-state index contributed by atoms with van der Waals surface area (Å²) in [7, 11) is -1.98. The van der Waals surface area contributed by atoms with E-state index in [2.05, 4.69) is 39.5 Å². The van der Waals surface area contributed by atoms with Gasteiger partial charge in [-0.3, -0.25) is 9.71 Å². The van der Waals surface area contributed by atoms with Gasteiger partial charge in [0, 0.05) is 29.3 Å². The molecule has 3 aromatic heterocycles. The van der Waals surface area contributed by atoms with E-state index in [-0.39, 0.29) is 12.1 Å².